The van der Waals surface area contributed by atoms with Gasteiger partial charge in [-0.3, -0.25) is 0 Å². The van der Waals surface area contributed by atoms with E-state index >= 15 is 0 Å². The second kappa shape index (κ2) is 5.02. The Kier molecular flexibility index (Phi) is 3.37. The summed E-state index contributed by atoms with van der Waals surface area (Å²) in [7, 11) is 0. The van der Waals surface area contributed by atoms with Crippen molar-refractivity contribution in [1.82, 2.24) is 0 Å². The molecule has 1 saturated carbocycles. The topological polar surface area (TPSA) is 47.9 Å². The van der Waals surface area contributed by atoms with Gasteiger partial charge in [0.1, 0.15) is 0 Å². The largest absolute Gasteiger partial charge is 0.490 e. The van der Waals surface area contributed by atoms with Gasteiger partial charge in [-0.1, -0.05) is 6.07 Å². The normalized spacial score (nSPS) is 29.5. The number of fused-ring (bicyclic) bond motifs is 1. The van der Waals surface area contributed by atoms with E-state index in [4.69, 9.17) is 14.2 Å². The van der Waals surface area contributed by atoms with Crippen LogP contribution in [0.15, 0.2) is 18.2 Å². The Balaban J connectivity index is 1.77. The van der Waals surface area contributed by atoms with Crippen LogP contribution in [0.1, 0.15) is 31.7 Å². The molecule has 2 aliphatic rings. The van der Waals surface area contributed by atoms with Gasteiger partial charge in [0.25, 0.3) is 0 Å². The Morgan fingerprint density at radius 1 is 1.26 bits per heavy atom. The van der Waals surface area contributed by atoms with Gasteiger partial charge in [-0.25, -0.2) is 0 Å². The third-order valence-electron chi connectivity index (χ3n) is 3.82. The van der Waals surface area contributed by atoms with Gasteiger partial charge < -0.3 is 19.3 Å². The first-order valence-corrected chi connectivity index (χ1v) is 6.95. The number of hydrogen-bond acceptors (Lipinski definition) is 4. The van der Waals surface area contributed by atoms with E-state index in [-0.39, 0.29) is 6.10 Å². The van der Waals surface area contributed by atoms with E-state index in [9.17, 15) is 5.11 Å². The first-order valence-electron chi connectivity index (χ1n) is 6.95. The van der Waals surface area contributed by atoms with Crippen molar-refractivity contribution in [2.75, 3.05) is 19.8 Å². The van der Waals surface area contributed by atoms with E-state index in [1.807, 2.05) is 25.1 Å². The molecule has 1 fully saturated rings. The molecule has 0 unspecified atom stereocenters. The van der Waals surface area contributed by atoms with Gasteiger partial charge >= 0.3 is 0 Å². The molecule has 1 N–H and O–H groups in total. The standard InChI is InChI=1S/C15H20O4/c1-2-17-12-9-15(16,10-12)11-4-5-13-14(8-11)19-7-3-6-18-13/h4-5,8,12,16H,2-3,6-7,9-10H2,1H3. The van der Waals surface area contributed by atoms with Crippen LogP contribution in [-0.2, 0) is 10.3 Å². The molecular formula is C15H20O4. The molecule has 0 bridgehead atoms. The molecule has 0 radical (unpaired) electrons. The number of benzene rings is 1. The van der Waals surface area contributed by atoms with Gasteiger partial charge in [-0.2, -0.15) is 0 Å². The second-order valence-corrected chi connectivity index (χ2v) is 5.23. The van der Waals surface area contributed by atoms with E-state index in [2.05, 4.69) is 0 Å². The van der Waals surface area contributed by atoms with Crippen LogP contribution in [0, 0.1) is 0 Å². The Bertz CT molecular complexity index is 451. The van der Waals surface area contributed by atoms with Crippen LogP contribution in [0.25, 0.3) is 0 Å². The summed E-state index contributed by atoms with van der Waals surface area (Å²) in [6.45, 7) is 4.02. The summed E-state index contributed by atoms with van der Waals surface area (Å²) >= 11 is 0. The lowest BCUT2D eigenvalue weighted by atomic mass is 9.73. The molecule has 1 heterocycles. The van der Waals surface area contributed by atoms with Gasteiger partial charge in [0.05, 0.1) is 24.9 Å². The highest BCUT2D eigenvalue weighted by Crippen LogP contribution is 2.45. The average molecular weight is 264 g/mol. The van der Waals surface area contributed by atoms with Crippen LogP contribution in [0.3, 0.4) is 0 Å². The molecule has 1 aromatic carbocycles. The van der Waals surface area contributed by atoms with Gasteiger partial charge in [0.2, 0.25) is 0 Å². The van der Waals surface area contributed by atoms with Crippen molar-refractivity contribution < 1.29 is 19.3 Å². The highest BCUT2D eigenvalue weighted by Gasteiger charge is 2.44. The number of rotatable bonds is 3. The molecule has 1 aromatic rings. The minimum Gasteiger partial charge on any atom is -0.490 e. The van der Waals surface area contributed by atoms with Crippen molar-refractivity contribution in [2.45, 2.75) is 37.9 Å². The zero-order valence-electron chi connectivity index (χ0n) is 11.2. The van der Waals surface area contributed by atoms with Crippen molar-refractivity contribution in [1.29, 1.82) is 0 Å². The van der Waals surface area contributed by atoms with Crippen molar-refractivity contribution >= 4 is 0 Å². The lowest BCUT2D eigenvalue weighted by molar-refractivity contribution is -0.142. The predicted octanol–water partition coefficient (Wildman–Crippen LogP) is 2.23. The van der Waals surface area contributed by atoms with E-state index in [1.54, 1.807) is 0 Å². The van der Waals surface area contributed by atoms with E-state index in [1.165, 1.54) is 0 Å². The molecule has 4 heteroatoms. The first kappa shape index (κ1) is 12.8. The fourth-order valence-corrected chi connectivity index (χ4v) is 2.74. The van der Waals surface area contributed by atoms with Crippen molar-refractivity contribution in [3.63, 3.8) is 0 Å². The molecule has 0 aromatic heterocycles. The molecule has 0 atom stereocenters. The minimum absolute atomic E-state index is 0.172. The molecule has 1 aliphatic heterocycles. The predicted molar refractivity (Wildman–Crippen MR) is 70.6 cm³/mol. The molecule has 0 saturated heterocycles. The van der Waals surface area contributed by atoms with Crippen LogP contribution in [0.4, 0.5) is 0 Å². The second-order valence-electron chi connectivity index (χ2n) is 5.23. The summed E-state index contributed by atoms with van der Waals surface area (Å²) in [4.78, 5) is 0. The van der Waals surface area contributed by atoms with E-state index in [0.717, 1.165) is 23.5 Å². The molecule has 3 rings (SSSR count). The number of hydrogen-bond donors (Lipinski definition) is 1. The maximum atomic E-state index is 10.6. The highest BCUT2D eigenvalue weighted by molar-refractivity contribution is 5.45. The highest BCUT2D eigenvalue weighted by atomic mass is 16.5. The molecule has 1 aliphatic carbocycles. The SMILES string of the molecule is CCOC1CC(O)(c2ccc3c(c2)OCCCO3)C1. The van der Waals surface area contributed by atoms with E-state index in [0.29, 0.717) is 32.7 Å². The average Bonchev–Trinajstić information content (AvgIpc) is 2.61. The summed E-state index contributed by atoms with van der Waals surface area (Å²) in [6, 6.07) is 5.72. The van der Waals surface area contributed by atoms with Gasteiger partial charge in [0.15, 0.2) is 11.5 Å². The van der Waals surface area contributed by atoms with Crippen molar-refractivity contribution in [2.24, 2.45) is 0 Å². The summed E-state index contributed by atoms with van der Waals surface area (Å²) in [5.41, 5.74) is 0.123. The molecule has 19 heavy (non-hydrogen) atoms. The van der Waals surface area contributed by atoms with Gasteiger partial charge in [-0.15, -0.1) is 0 Å². The van der Waals surface area contributed by atoms with E-state index < -0.39 is 5.60 Å². The molecule has 0 spiro atoms. The molecule has 104 valence electrons. The lowest BCUT2D eigenvalue weighted by Gasteiger charge is -2.43. The fraction of sp³-hybridized carbons (Fsp3) is 0.600. The zero-order chi connectivity index (χ0) is 13.3. The number of ether oxygens (including phenoxy) is 3. The lowest BCUT2D eigenvalue weighted by Crippen LogP contribution is -2.45. The van der Waals surface area contributed by atoms with Gasteiger partial charge in [-0.05, 0) is 24.6 Å². The van der Waals surface area contributed by atoms with Crippen LogP contribution in [0.2, 0.25) is 0 Å². The summed E-state index contributed by atoms with van der Waals surface area (Å²) in [6.07, 6.45) is 2.37. The third-order valence-corrected chi connectivity index (χ3v) is 3.82. The minimum atomic E-state index is -0.773. The Morgan fingerprint density at radius 2 is 2.00 bits per heavy atom. The van der Waals surface area contributed by atoms with Gasteiger partial charge in [0, 0.05) is 25.9 Å². The quantitative estimate of drug-likeness (QED) is 0.909. The monoisotopic (exact) mass is 264 g/mol. The van der Waals surface area contributed by atoms with Crippen LogP contribution < -0.4 is 9.47 Å². The van der Waals surface area contributed by atoms with Crippen molar-refractivity contribution in [3.8, 4) is 11.5 Å². The third kappa shape index (κ3) is 2.42. The molecular weight excluding hydrogens is 244 g/mol. The maximum Gasteiger partial charge on any atom is 0.161 e. The summed E-state index contributed by atoms with van der Waals surface area (Å²) in [5.74, 6) is 1.51. The number of aliphatic hydroxyl groups is 1. The molecule has 4 nitrogen and oxygen atoms in total. The fourth-order valence-electron chi connectivity index (χ4n) is 2.74. The zero-order valence-corrected chi connectivity index (χ0v) is 11.2. The van der Waals surface area contributed by atoms with Crippen LogP contribution in [-0.4, -0.2) is 31.0 Å². The van der Waals surface area contributed by atoms with Crippen LogP contribution >= 0.6 is 0 Å². The van der Waals surface area contributed by atoms with Crippen LogP contribution in [0.5, 0.6) is 11.5 Å². The Hall–Kier alpha value is -1.26. The maximum absolute atomic E-state index is 10.6. The summed E-state index contributed by atoms with van der Waals surface area (Å²) < 4.78 is 16.8. The molecule has 0 amide bonds. The summed E-state index contributed by atoms with van der Waals surface area (Å²) in [5, 5.41) is 10.6. The smallest absolute Gasteiger partial charge is 0.161 e. The van der Waals surface area contributed by atoms with Crippen molar-refractivity contribution in [3.05, 3.63) is 23.8 Å². The Morgan fingerprint density at radius 3 is 2.74 bits per heavy atom. The Labute approximate surface area is 113 Å². The first-order chi connectivity index (χ1) is 9.21.